The molecule has 3 nitrogen and oxygen atoms in total. The number of hydrogen-bond donors (Lipinski definition) is 0. The number of ketones is 2. The van der Waals surface area contributed by atoms with Crippen molar-refractivity contribution in [2.75, 3.05) is 0 Å². The Balaban J connectivity index is 1.59. The van der Waals surface area contributed by atoms with Crippen molar-refractivity contribution in [2.45, 2.75) is 20.5 Å². The van der Waals surface area contributed by atoms with E-state index < -0.39 is 0 Å². The zero-order chi connectivity index (χ0) is 20.5. The standard InChI is InChI=1S/C25H19ClO3/c1-15-11-18(13-22-23(27)20-5-3-4-6-21(20)24(22)28)12-16(2)25(15)29-14-17-7-9-19(26)10-8-17/h3-13H,14H2,1-2H3. The summed E-state index contributed by atoms with van der Waals surface area (Å²) in [6.45, 7) is 4.35. The van der Waals surface area contributed by atoms with Gasteiger partial charge in [0, 0.05) is 16.1 Å². The molecule has 1 aliphatic carbocycles. The molecule has 0 spiro atoms. The van der Waals surface area contributed by atoms with Gasteiger partial charge in [-0.1, -0.05) is 48.0 Å². The van der Waals surface area contributed by atoms with Gasteiger partial charge in [-0.2, -0.15) is 0 Å². The minimum Gasteiger partial charge on any atom is -0.488 e. The Labute approximate surface area is 174 Å². The van der Waals surface area contributed by atoms with Gasteiger partial charge in [0.25, 0.3) is 0 Å². The van der Waals surface area contributed by atoms with Gasteiger partial charge in [0.2, 0.25) is 0 Å². The zero-order valence-electron chi connectivity index (χ0n) is 16.2. The van der Waals surface area contributed by atoms with E-state index in [0.29, 0.717) is 22.8 Å². The first-order valence-electron chi connectivity index (χ1n) is 9.32. The number of aryl methyl sites for hydroxylation is 2. The summed E-state index contributed by atoms with van der Waals surface area (Å²) in [7, 11) is 0. The van der Waals surface area contributed by atoms with E-state index in [1.54, 1.807) is 30.3 Å². The number of halogens is 1. The van der Waals surface area contributed by atoms with Crippen LogP contribution in [0, 0.1) is 13.8 Å². The van der Waals surface area contributed by atoms with Gasteiger partial charge in [-0.3, -0.25) is 9.59 Å². The molecule has 0 bridgehead atoms. The Bertz CT molecular complexity index is 1100. The van der Waals surface area contributed by atoms with Gasteiger partial charge in [0.15, 0.2) is 11.6 Å². The van der Waals surface area contributed by atoms with Gasteiger partial charge in [-0.15, -0.1) is 0 Å². The summed E-state index contributed by atoms with van der Waals surface area (Å²) in [6, 6.07) is 18.3. The highest BCUT2D eigenvalue weighted by Gasteiger charge is 2.32. The van der Waals surface area contributed by atoms with Crippen LogP contribution in [-0.2, 0) is 6.61 Å². The van der Waals surface area contributed by atoms with Gasteiger partial charge < -0.3 is 4.74 Å². The molecular weight excluding hydrogens is 384 g/mol. The highest BCUT2D eigenvalue weighted by Crippen LogP contribution is 2.30. The van der Waals surface area contributed by atoms with Crippen LogP contribution in [0.25, 0.3) is 6.08 Å². The third-order valence-electron chi connectivity index (χ3n) is 5.00. The average Bonchev–Trinajstić information content (AvgIpc) is 2.94. The van der Waals surface area contributed by atoms with Crippen molar-refractivity contribution in [2.24, 2.45) is 0 Å². The monoisotopic (exact) mass is 402 g/mol. The lowest BCUT2D eigenvalue weighted by atomic mass is 10.0. The molecule has 0 aliphatic heterocycles. The average molecular weight is 403 g/mol. The number of allylic oxidation sites excluding steroid dienone is 1. The van der Waals surface area contributed by atoms with Gasteiger partial charge in [-0.05, 0) is 66.4 Å². The molecule has 0 saturated heterocycles. The summed E-state index contributed by atoms with van der Waals surface area (Å²) < 4.78 is 6.01. The molecule has 1 aliphatic rings. The van der Waals surface area contributed by atoms with Crippen LogP contribution in [-0.4, -0.2) is 11.6 Å². The number of carbonyl (C=O) groups excluding carboxylic acids is 2. The second-order valence-corrected chi connectivity index (χ2v) is 7.60. The molecule has 0 aromatic heterocycles. The number of benzene rings is 3. The summed E-state index contributed by atoms with van der Waals surface area (Å²) in [6.07, 6.45) is 1.67. The van der Waals surface area contributed by atoms with Crippen molar-refractivity contribution in [3.8, 4) is 5.75 Å². The van der Waals surface area contributed by atoms with Gasteiger partial charge in [-0.25, -0.2) is 0 Å². The van der Waals surface area contributed by atoms with Crippen LogP contribution in [0.2, 0.25) is 5.02 Å². The lowest BCUT2D eigenvalue weighted by molar-refractivity contribution is 0.0990. The number of Topliss-reactive ketones (excluding diaryl/α,β-unsaturated/α-hetero) is 2. The third kappa shape index (κ3) is 3.74. The van der Waals surface area contributed by atoms with Crippen molar-refractivity contribution in [3.63, 3.8) is 0 Å². The van der Waals surface area contributed by atoms with Crippen LogP contribution < -0.4 is 4.74 Å². The fraction of sp³-hybridized carbons (Fsp3) is 0.120. The number of hydrogen-bond acceptors (Lipinski definition) is 3. The molecule has 4 heteroatoms. The summed E-state index contributed by atoms with van der Waals surface area (Å²) in [5.74, 6) is 0.363. The minimum absolute atomic E-state index is 0.208. The summed E-state index contributed by atoms with van der Waals surface area (Å²) >= 11 is 5.92. The molecule has 0 heterocycles. The van der Waals surface area contributed by atoms with E-state index in [1.165, 1.54) is 0 Å². The molecule has 0 unspecified atom stereocenters. The van der Waals surface area contributed by atoms with Gasteiger partial charge in [0.1, 0.15) is 12.4 Å². The molecule has 0 fully saturated rings. The van der Waals surface area contributed by atoms with Gasteiger partial charge in [0.05, 0.1) is 5.57 Å². The lowest BCUT2D eigenvalue weighted by Crippen LogP contribution is -2.02. The zero-order valence-corrected chi connectivity index (χ0v) is 16.9. The highest BCUT2D eigenvalue weighted by atomic mass is 35.5. The first-order valence-corrected chi connectivity index (χ1v) is 9.70. The number of fused-ring (bicyclic) bond motifs is 1. The maximum Gasteiger partial charge on any atom is 0.197 e. The van der Waals surface area contributed by atoms with Crippen LogP contribution in [0.3, 0.4) is 0 Å². The molecule has 3 aromatic rings. The third-order valence-corrected chi connectivity index (χ3v) is 5.25. The molecule has 0 radical (unpaired) electrons. The fourth-order valence-corrected chi connectivity index (χ4v) is 3.73. The van der Waals surface area contributed by atoms with Crippen LogP contribution in [0.4, 0.5) is 0 Å². The Hall–Kier alpha value is -3.17. The molecule has 3 aromatic carbocycles. The lowest BCUT2D eigenvalue weighted by Gasteiger charge is -2.13. The molecule has 0 N–H and O–H groups in total. The van der Waals surface area contributed by atoms with E-state index in [4.69, 9.17) is 16.3 Å². The molecular formula is C25H19ClO3. The van der Waals surface area contributed by atoms with Crippen molar-refractivity contribution in [3.05, 3.63) is 105 Å². The highest BCUT2D eigenvalue weighted by molar-refractivity contribution is 6.41. The van der Waals surface area contributed by atoms with E-state index in [-0.39, 0.29) is 17.1 Å². The SMILES string of the molecule is Cc1cc(C=C2C(=O)c3ccccc3C2=O)cc(C)c1OCc1ccc(Cl)cc1. The van der Waals surface area contributed by atoms with Crippen molar-refractivity contribution in [1.82, 2.24) is 0 Å². The van der Waals surface area contributed by atoms with E-state index in [0.717, 1.165) is 28.0 Å². The quantitative estimate of drug-likeness (QED) is 0.397. The predicted octanol–water partition coefficient (Wildman–Crippen LogP) is 6.00. The molecule has 144 valence electrons. The molecule has 0 amide bonds. The van der Waals surface area contributed by atoms with E-state index in [9.17, 15) is 9.59 Å². The van der Waals surface area contributed by atoms with Gasteiger partial charge >= 0.3 is 0 Å². The number of ether oxygens (including phenoxy) is 1. The number of carbonyl (C=O) groups is 2. The minimum atomic E-state index is -0.219. The van der Waals surface area contributed by atoms with Crippen LogP contribution in [0.1, 0.15) is 43.0 Å². The Morgan fingerprint density at radius 2 is 1.41 bits per heavy atom. The first kappa shape index (κ1) is 19.2. The molecule has 29 heavy (non-hydrogen) atoms. The second-order valence-electron chi connectivity index (χ2n) is 7.16. The summed E-state index contributed by atoms with van der Waals surface area (Å²) in [5, 5.41) is 0.691. The van der Waals surface area contributed by atoms with E-state index in [2.05, 4.69) is 0 Å². The second kappa shape index (κ2) is 7.69. The predicted molar refractivity (Wildman–Crippen MR) is 115 cm³/mol. The Kier molecular flexibility index (Phi) is 5.08. The van der Waals surface area contributed by atoms with Crippen molar-refractivity contribution < 1.29 is 14.3 Å². The fourth-order valence-electron chi connectivity index (χ4n) is 3.60. The van der Waals surface area contributed by atoms with Crippen LogP contribution in [0.15, 0.2) is 66.2 Å². The van der Waals surface area contributed by atoms with Crippen molar-refractivity contribution >= 4 is 29.2 Å². The maximum atomic E-state index is 12.6. The largest absolute Gasteiger partial charge is 0.488 e. The molecule has 0 atom stereocenters. The number of rotatable bonds is 4. The Morgan fingerprint density at radius 3 is 1.97 bits per heavy atom. The summed E-state index contributed by atoms with van der Waals surface area (Å²) in [4.78, 5) is 25.2. The van der Waals surface area contributed by atoms with Crippen molar-refractivity contribution in [1.29, 1.82) is 0 Å². The van der Waals surface area contributed by atoms with Crippen LogP contribution >= 0.6 is 11.6 Å². The molecule has 4 rings (SSSR count). The topological polar surface area (TPSA) is 43.4 Å². The normalized spacial score (nSPS) is 12.9. The van der Waals surface area contributed by atoms with E-state index in [1.807, 2.05) is 50.2 Å². The maximum absolute atomic E-state index is 12.6. The van der Waals surface area contributed by atoms with Crippen LogP contribution in [0.5, 0.6) is 5.75 Å². The first-order chi connectivity index (χ1) is 13.9. The summed E-state index contributed by atoms with van der Waals surface area (Å²) in [5.41, 5.74) is 4.88. The van der Waals surface area contributed by atoms with E-state index >= 15 is 0 Å². The molecule has 0 saturated carbocycles. The smallest absolute Gasteiger partial charge is 0.197 e. The Morgan fingerprint density at radius 1 is 0.862 bits per heavy atom.